The van der Waals surface area contributed by atoms with E-state index in [4.69, 9.17) is 11.6 Å². The van der Waals surface area contributed by atoms with E-state index >= 15 is 0 Å². The summed E-state index contributed by atoms with van der Waals surface area (Å²) in [7, 11) is 0. The topological polar surface area (TPSA) is 46.1 Å². The van der Waals surface area contributed by atoms with Crippen LogP contribution in [0.1, 0.15) is 6.42 Å². The van der Waals surface area contributed by atoms with E-state index < -0.39 is 0 Å². The average Bonchev–Trinajstić information content (AvgIpc) is 2.78. The van der Waals surface area contributed by atoms with Crippen LogP contribution >= 0.6 is 27.5 Å². The number of aromatic nitrogens is 2. The van der Waals surface area contributed by atoms with Gasteiger partial charge in [-0.1, -0.05) is 28.1 Å². The Bertz CT molecular complexity index is 664. The Morgan fingerprint density at radius 3 is 2.90 bits per heavy atom. The van der Waals surface area contributed by atoms with Crippen molar-refractivity contribution in [3.8, 4) is 11.3 Å². The lowest BCUT2D eigenvalue weighted by molar-refractivity contribution is -0.117. The Hall–Kier alpha value is -1.46. The molecule has 20 heavy (non-hydrogen) atoms. The maximum atomic E-state index is 11.8. The van der Waals surface area contributed by atoms with Crippen LogP contribution in [-0.2, 0) is 4.79 Å². The number of nitrogens with zero attached hydrogens (tertiary/aromatic N) is 3. The van der Waals surface area contributed by atoms with E-state index in [-0.39, 0.29) is 11.3 Å². The van der Waals surface area contributed by atoms with E-state index in [9.17, 15) is 4.79 Å². The molecule has 0 spiro atoms. The number of halogens is 2. The fraction of sp³-hybridized carbons (Fsp3) is 0.214. The molecule has 1 aliphatic heterocycles. The normalized spacial score (nSPS) is 18.6. The molecular weight excluding hydrogens is 342 g/mol. The van der Waals surface area contributed by atoms with Crippen LogP contribution in [0.3, 0.4) is 0 Å². The van der Waals surface area contributed by atoms with Crippen LogP contribution < -0.4 is 4.90 Å². The van der Waals surface area contributed by atoms with Crippen LogP contribution in [0.4, 0.5) is 5.95 Å². The molecule has 0 aliphatic carbocycles. The lowest BCUT2D eigenvalue weighted by Crippen LogP contribution is -2.26. The molecule has 1 aromatic carbocycles. The van der Waals surface area contributed by atoms with E-state index in [0.717, 1.165) is 15.7 Å². The summed E-state index contributed by atoms with van der Waals surface area (Å²) in [5.74, 6) is 0.381. The number of rotatable bonds is 2. The molecule has 1 saturated heterocycles. The van der Waals surface area contributed by atoms with Crippen LogP contribution in [0, 0.1) is 0 Å². The highest BCUT2D eigenvalue weighted by atomic mass is 79.9. The molecule has 2 aromatic rings. The monoisotopic (exact) mass is 351 g/mol. The minimum Gasteiger partial charge on any atom is -0.279 e. The van der Waals surface area contributed by atoms with Crippen LogP contribution in [0.25, 0.3) is 11.3 Å². The number of amides is 1. The third kappa shape index (κ3) is 2.69. The van der Waals surface area contributed by atoms with Crippen LogP contribution in [0.2, 0.25) is 0 Å². The van der Waals surface area contributed by atoms with Gasteiger partial charge in [-0.2, -0.15) is 0 Å². The van der Waals surface area contributed by atoms with Gasteiger partial charge in [0.05, 0.1) is 11.1 Å². The summed E-state index contributed by atoms with van der Waals surface area (Å²) in [5.41, 5.74) is 1.75. The van der Waals surface area contributed by atoms with Crippen molar-refractivity contribution < 1.29 is 4.79 Å². The molecule has 1 unspecified atom stereocenters. The lowest BCUT2D eigenvalue weighted by Gasteiger charge is -2.14. The van der Waals surface area contributed by atoms with Gasteiger partial charge in [0.15, 0.2) is 0 Å². The molecule has 0 saturated carbocycles. The largest absolute Gasteiger partial charge is 0.279 e. The smallest absolute Gasteiger partial charge is 0.232 e. The van der Waals surface area contributed by atoms with Crippen LogP contribution in [-0.4, -0.2) is 27.8 Å². The van der Waals surface area contributed by atoms with Crippen molar-refractivity contribution in [2.24, 2.45) is 0 Å². The zero-order valence-corrected chi connectivity index (χ0v) is 12.8. The number of hydrogen-bond acceptors (Lipinski definition) is 3. The number of alkyl halides is 1. The lowest BCUT2D eigenvalue weighted by atomic mass is 10.1. The standard InChI is InChI=1S/C14H11BrClN3O/c15-10-3-1-2-9(6-10)12-4-5-17-14(18-12)19-8-11(16)7-13(19)20/h1-6,11H,7-8H2. The predicted octanol–water partition coefficient (Wildman–Crippen LogP) is 3.25. The van der Waals surface area contributed by atoms with Crippen molar-refractivity contribution in [3.63, 3.8) is 0 Å². The summed E-state index contributed by atoms with van der Waals surface area (Å²) in [4.78, 5) is 22.0. The molecule has 6 heteroatoms. The number of carbonyl (C=O) groups is 1. The van der Waals surface area contributed by atoms with E-state index in [2.05, 4.69) is 25.9 Å². The maximum Gasteiger partial charge on any atom is 0.232 e. The first kappa shape index (κ1) is 13.5. The second-order valence-electron chi connectivity index (χ2n) is 4.56. The molecule has 1 aromatic heterocycles. The Labute approximate surface area is 129 Å². The molecule has 0 radical (unpaired) electrons. The first-order valence-corrected chi connectivity index (χ1v) is 7.40. The van der Waals surface area contributed by atoms with Gasteiger partial charge in [0.2, 0.25) is 11.9 Å². The molecular formula is C14H11BrClN3O. The predicted molar refractivity (Wildman–Crippen MR) is 81.8 cm³/mol. The third-order valence-electron chi connectivity index (χ3n) is 3.08. The molecule has 2 heterocycles. The summed E-state index contributed by atoms with van der Waals surface area (Å²) in [6.45, 7) is 0.461. The van der Waals surface area contributed by atoms with Crippen molar-refractivity contribution in [2.45, 2.75) is 11.8 Å². The summed E-state index contributed by atoms with van der Waals surface area (Å²) in [6, 6.07) is 9.66. The number of benzene rings is 1. The minimum absolute atomic E-state index is 0.0311. The summed E-state index contributed by atoms with van der Waals surface area (Å²) >= 11 is 9.44. The van der Waals surface area contributed by atoms with Gasteiger partial charge in [0.1, 0.15) is 0 Å². The summed E-state index contributed by atoms with van der Waals surface area (Å²) < 4.78 is 0.980. The van der Waals surface area contributed by atoms with E-state index in [1.807, 2.05) is 30.3 Å². The molecule has 1 amide bonds. The molecule has 3 rings (SSSR count). The van der Waals surface area contributed by atoms with Gasteiger partial charge < -0.3 is 0 Å². The highest BCUT2D eigenvalue weighted by Gasteiger charge is 2.30. The summed E-state index contributed by atoms with van der Waals surface area (Å²) in [5, 5.41) is -0.166. The zero-order chi connectivity index (χ0) is 14.1. The number of carbonyl (C=O) groups excluding carboxylic acids is 1. The van der Waals surface area contributed by atoms with Gasteiger partial charge in [-0.3, -0.25) is 9.69 Å². The fourth-order valence-electron chi connectivity index (χ4n) is 2.14. The van der Waals surface area contributed by atoms with Crippen LogP contribution in [0.15, 0.2) is 41.0 Å². The van der Waals surface area contributed by atoms with Gasteiger partial charge in [-0.15, -0.1) is 11.6 Å². The van der Waals surface area contributed by atoms with Gasteiger partial charge in [-0.25, -0.2) is 9.97 Å². The first-order valence-electron chi connectivity index (χ1n) is 6.17. The second-order valence-corrected chi connectivity index (χ2v) is 6.09. The van der Waals surface area contributed by atoms with Crippen molar-refractivity contribution in [3.05, 3.63) is 41.0 Å². The molecule has 0 bridgehead atoms. The first-order chi connectivity index (χ1) is 9.63. The highest BCUT2D eigenvalue weighted by Crippen LogP contribution is 2.25. The highest BCUT2D eigenvalue weighted by molar-refractivity contribution is 9.10. The molecule has 102 valence electrons. The van der Waals surface area contributed by atoms with E-state index in [1.165, 1.54) is 0 Å². The van der Waals surface area contributed by atoms with E-state index in [0.29, 0.717) is 18.9 Å². The molecule has 1 aliphatic rings. The molecule has 0 N–H and O–H groups in total. The third-order valence-corrected chi connectivity index (χ3v) is 3.87. The molecule has 4 nitrogen and oxygen atoms in total. The van der Waals surface area contributed by atoms with Gasteiger partial charge in [-0.05, 0) is 18.2 Å². The van der Waals surface area contributed by atoms with Crippen molar-refractivity contribution in [1.82, 2.24) is 9.97 Å². The SMILES string of the molecule is O=C1CC(Cl)CN1c1nccc(-c2cccc(Br)c2)n1. The Kier molecular flexibility index (Phi) is 3.72. The molecule has 1 fully saturated rings. The van der Waals surface area contributed by atoms with Crippen LogP contribution in [0.5, 0.6) is 0 Å². The second kappa shape index (κ2) is 5.50. The summed E-state index contributed by atoms with van der Waals surface area (Å²) in [6.07, 6.45) is 2.00. The van der Waals surface area contributed by atoms with Crippen molar-refractivity contribution in [2.75, 3.05) is 11.4 Å². The van der Waals surface area contributed by atoms with Gasteiger partial charge in [0, 0.05) is 29.2 Å². The Morgan fingerprint density at radius 1 is 1.35 bits per heavy atom. The Balaban J connectivity index is 1.96. The van der Waals surface area contributed by atoms with Gasteiger partial charge in [0.25, 0.3) is 0 Å². The number of hydrogen-bond donors (Lipinski definition) is 0. The van der Waals surface area contributed by atoms with E-state index in [1.54, 1.807) is 11.1 Å². The quantitative estimate of drug-likeness (QED) is 0.780. The fourth-order valence-corrected chi connectivity index (χ4v) is 2.81. The molecule has 1 atom stereocenters. The average molecular weight is 353 g/mol. The zero-order valence-electron chi connectivity index (χ0n) is 10.5. The number of anilines is 1. The van der Waals surface area contributed by atoms with Crippen molar-refractivity contribution in [1.29, 1.82) is 0 Å². The van der Waals surface area contributed by atoms with Crippen molar-refractivity contribution >= 4 is 39.4 Å². The van der Waals surface area contributed by atoms with Gasteiger partial charge >= 0.3 is 0 Å². The minimum atomic E-state index is -0.166. The maximum absolute atomic E-state index is 11.8. The Morgan fingerprint density at radius 2 is 2.20 bits per heavy atom.